The Labute approximate surface area is 107 Å². The van der Waals surface area contributed by atoms with E-state index in [1.165, 1.54) is 0 Å². The first-order chi connectivity index (χ1) is 8.02. The first kappa shape index (κ1) is 12.2. The summed E-state index contributed by atoms with van der Waals surface area (Å²) in [5.74, 6) is 0.392. The molecule has 0 radical (unpaired) electrons. The standard InChI is InChI=1S/C14H17ClN2/c1-8(2)12-7-13(16-4)10-5-9(3)6-11(15)14(10)17-12/h5-8H,1-4H3,(H,16,17). The van der Waals surface area contributed by atoms with Gasteiger partial charge >= 0.3 is 0 Å². The van der Waals surface area contributed by atoms with Gasteiger partial charge in [0.15, 0.2) is 0 Å². The van der Waals surface area contributed by atoms with Crippen molar-refractivity contribution in [3.8, 4) is 0 Å². The molecule has 2 aromatic rings. The van der Waals surface area contributed by atoms with Gasteiger partial charge in [0, 0.05) is 23.8 Å². The Balaban J connectivity index is 2.82. The molecule has 0 atom stereocenters. The second-order valence-electron chi connectivity index (χ2n) is 4.64. The number of hydrogen-bond donors (Lipinski definition) is 1. The highest BCUT2D eigenvalue weighted by atomic mass is 35.5. The molecule has 3 heteroatoms. The summed E-state index contributed by atoms with van der Waals surface area (Å²) in [6, 6.07) is 6.17. The number of anilines is 1. The van der Waals surface area contributed by atoms with Crippen LogP contribution in [0.2, 0.25) is 5.02 Å². The van der Waals surface area contributed by atoms with E-state index in [2.05, 4.69) is 36.3 Å². The summed E-state index contributed by atoms with van der Waals surface area (Å²) in [5.41, 5.74) is 4.18. The lowest BCUT2D eigenvalue weighted by Crippen LogP contribution is -1.99. The van der Waals surface area contributed by atoms with Gasteiger partial charge in [-0.1, -0.05) is 25.4 Å². The second-order valence-corrected chi connectivity index (χ2v) is 5.05. The molecule has 1 heterocycles. The van der Waals surface area contributed by atoms with Gasteiger partial charge in [-0.05, 0) is 36.6 Å². The molecule has 1 aromatic carbocycles. The minimum atomic E-state index is 0.392. The third-order valence-corrected chi connectivity index (χ3v) is 3.18. The molecule has 0 bridgehead atoms. The van der Waals surface area contributed by atoms with Crippen molar-refractivity contribution in [1.82, 2.24) is 4.98 Å². The molecule has 0 fully saturated rings. The summed E-state index contributed by atoms with van der Waals surface area (Å²) < 4.78 is 0. The van der Waals surface area contributed by atoms with Gasteiger partial charge in [-0.25, -0.2) is 0 Å². The van der Waals surface area contributed by atoms with Crippen LogP contribution < -0.4 is 5.32 Å². The molecule has 17 heavy (non-hydrogen) atoms. The number of aryl methyl sites for hydroxylation is 1. The Morgan fingerprint density at radius 2 is 1.94 bits per heavy atom. The van der Waals surface area contributed by atoms with Gasteiger partial charge in [-0.3, -0.25) is 4.98 Å². The van der Waals surface area contributed by atoms with E-state index in [0.29, 0.717) is 5.92 Å². The van der Waals surface area contributed by atoms with E-state index in [1.54, 1.807) is 0 Å². The fourth-order valence-electron chi connectivity index (χ4n) is 1.94. The minimum absolute atomic E-state index is 0.392. The van der Waals surface area contributed by atoms with Crippen LogP contribution in [0.25, 0.3) is 10.9 Å². The maximum absolute atomic E-state index is 6.28. The molecule has 2 rings (SSSR count). The van der Waals surface area contributed by atoms with E-state index in [9.17, 15) is 0 Å². The van der Waals surface area contributed by atoms with E-state index in [-0.39, 0.29) is 0 Å². The van der Waals surface area contributed by atoms with Crippen LogP contribution >= 0.6 is 11.6 Å². The summed E-state index contributed by atoms with van der Waals surface area (Å²) in [5, 5.41) is 5.03. The van der Waals surface area contributed by atoms with Crippen LogP contribution in [0.3, 0.4) is 0 Å². The molecule has 0 saturated heterocycles. The number of fused-ring (bicyclic) bond motifs is 1. The number of halogens is 1. The summed E-state index contributed by atoms with van der Waals surface area (Å²) in [6.07, 6.45) is 0. The average molecular weight is 249 g/mol. The lowest BCUT2D eigenvalue weighted by atomic mass is 10.0. The monoisotopic (exact) mass is 248 g/mol. The predicted octanol–water partition coefficient (Wildman–Crippen LogP) is 4.36. The number of rotatable bonds is 2. The largest absolute Gasteiger partial charge is 0.388 e. The Morgan fingerprint density at radius 1 is 1.24 bits per heavy atom. The molecule has 0 aliphatic carbocycles. The highest BCUT2D eigenvalue weighted by Crippen LogP contribution is 2.31. The normalized spacial score (nSPS) is 11.2. The maximum atomic E-state index is 6.28. The minimum Gasteiger partial charge on any atom is -0.388 e. The van der Waals surface area contributed by atoms with Crippen molar-refractivity contribution >= 4 is 28.2 Å². The molecule has 0 unspecified atom stereocenters. The molecule has 90 valence electrons. The van der Waals surface area contributed by atoms with Gasteiger partial charge in [0.1, 0.15) is 0 Å². The smallest absolute Gasteiger partial charge is 0.0912 e. The van der Waals surface area contributed by atoms with Crippen LogP contribution in [0, 0.1) is 6.92 Å². The fraction of sp³-hybridized carbons (Fsp3) is 0.357. The molecule has 0 aliphatic rings. The van der Waals surface area contributed by atoms with Gasteiger partial charge in [-0.15, -0.1) is 0 Å². The van der Waals surface area contributed by atoms with E-state index < -0.39 is 0 Å². The molecule has 2 nitrogen and oxygen atoms in total. The van der Waals surface area contributed by atoms with Crippen LogP contribution in [0.4, 0.5) is 5.69 Å². The van der Waals surface area contributed by atoms with Gasteiger partial charge in [-0.2, -0.15) is 0 Å². The topological polar surface area (TPSA) is 24.9 Å². The number of pyridine rings is 1. The number of nitrogens with zero attached hydrogens (tertiary/aromatic N) is 1. The molecule has 1 aromatic heterocycles. The average Bonchev–Trinajstić information content (AvgIpc) is 2.27. The van der Waals surface area contributed by atoms with E-state index in [4.69, 9.17) is 11.6 Å². The van der Waals surface area contributed by atoms with Crippen molar-refractivity contribution in [2.45, 2.75) is 26.7 Å². The Kier molecular flexibility index (Phi) is 3.25. The maximum Gasteiger partial charge on any atom is 0.0912 e. The van der Waals surface area contributed by atoms with Crippen LogP contribution in [-0.4, -0.2) is 12.0 Å². The van der Waals surface area contributed by atoms with E-state index >= 15 is 0 Å². The van der Waals surface area contributed by atoms with Crippen LogP contribution in [-0.2, 0) is 0 Å². The zero-order valence-electron chi connectivity index (χ0n) is 10.6. The summed E-state index contributed by atoms with van der Waals surface area (Å²) in [6.45, 7) is 6.31. The Bertz CT molecular complexity index is 562. The fourth-order valence-corrected chi connectivity index (χ4v) is 2.26. The van der Waals surface area contributed by atoms with Gasteiger partial charge in [0.25, 0.3) is 0 Å². The van der Waals surface area contributed by atoms with E-state index in [0.717, 1.165) is 32.9 Å². The first-order valence-electron chi connectivity index (χ1n) is 5.81. The Morgan fingerprint density at radius 3 is 2.53 bits per heavy atom. The number of nitrogens with one attached hydrogen (secondary N) is 1. The Hall–Kier alpha value is -1.28. The van der Waals surface area contributed by atoms with Crippen molar-refractivity contribution in [3.05, 3.63) is 34.5 Å². The highest BCUT2D eigenvalue weighted by molar-refractivity contribution is 6.35. The lowest BCUT2D eigenvalue weighted by Gasteiger charge is -2.12. The number of benzene rings is 1. The van der Waals surface area contributed by atoms with Crippen molar-refractivity contribution in [2.75, 3.05) is 12.4 Å². The molecular formula is C14H17ClN2. The van der Waals surface area contributed by atoms with Crippen molar-refractivity contribution in [3.63, 3.8) is 0 Å². The molecule has 0 saturated carbocycles. The summed E-state index contributed by atoms with van der Waals surface area (Å²) in [7, 11) is 1.93. The van der Waals surface area contributed by atoms with Crippen molar-refractivity contribution in [2.24, 2.45) is 0 Å². The summed E-state index contributed by atoms with van der Waals surface area (Å²) >= 11 is 6.28. The summed E-state index contributed by atoms with van der Waals surface area (Å²) in [4.78, 5) is 4.65. The number of hydrogen-bond acceptors (Lipinski definition) is 2. The van der Waals surface area contributed by atoms with E-state index in [1.807, 2.05) is 20.0 Å². The number of aromatic nitrogens is 1. The first-order valence-corrected chi connectivity index (χ1v) is 6.19. The zero-order valence-corrected chi connectivity index (χ0v) is 11.4. The predicted molar refractivity (Wildman–Crippen MR) is 75.1 cm³/mol. The highest BCUT2D eigenvalue weighted by Gasteiger charge is 2.10. The molecule has 0 amide bonds. The third kappa shape index (κ3) is 2.22. The third-order valence-electron chi connectivity index (χ3n) is 2.89. The molecule has 1 N–H and O–H groups in total. The van der Waals surface area contributed by atoms with Crippen LogP contribution in [0.15, 0.2) is 18.2 Å². The molecule has 0 spiro atoms. The van der Waals surface area contributed by atoms with Gasteiger partial charge < -0.3 is 5.32 Å². The van der Waals surface area contributed by atoms with Gasteiger partial charge in [0.05, 0.1) is 10.5 Å². The van der Waals surface area contributed by atoms with Crippen LogP contribution in [0.1, 0.15) is 31.0 Å². The molecular weight excluding hydrogens is 232 g/mol. The quantitative estimate of drug-likeness (QED) is 0.854. The SMILES string of the molecule is CNc1cc(C(C)C)nc2c(Cl)cc(C)cc12. The molecule has 0 aliphatic heterocycles. The lowest BCUT2D eigenvalue weighted by molar-refractivity contribution is 0.830. The van der Waals surface area contributed by atoms with Gasteiger partial charge in [0.2, 0.25) is 0 Å². The van der Waals surface area contributed by atoms with Crippen molar-refractivity contribution < 1.29 is 0 Å². The van der Waals surface area contributed by atoms with Crippen molar-refractivity contribution in [1.29, 1.82) is 0 Å². The second kappa shape index (κ2) is 4.53. The zero-order chi connectivity index (χ0) is 12.6. The van der Waals surface area contributed by atoms with Crippen LogP contribution in [0.5, 0.6) is 0 Å².